The molecule has 5 aromatic carbocycles. The lowest BCUT2D eigenvalue weighted by Crippen LogP contribution is -2.45. The summed E-state index contributed by atoms with van der Waals surface area (Å²) in [4.78, 5) is 53.9. The van der Waals surface area contributed by atoms with Gasteiger partial charge in [-0.25, -0.2) is 9.56 Å². The van der Waals surface area contributed by atoms with Gasteiger partial charge in [-0.05, 0) is 62.0 Å². The molecule has 0 aromatic heterocycles. The number of benzene rings is 5. The van der Waals surface area contributed by atoms with Gasteiger partial charge in [0.1, 0.15) is 6.10 Å². The van der Waals surface area contributed by atoms with Crippen LogP contribution in [0.5, 0.6) is 0 Å². The summed E-state index contributed by atoms with van der Waals surface area (Å²) in [5.74, 6) is -2.49. The van der Waals surface area contributed by atoms with Gasteiger partial charge in [0.15, 0.2) is 0 Å². The SMILES string of the molecule is COP(=O)(O)OC(CO)CN1C(=O)c2ccc3c4ccc5c6c(ccc(c7ccc(c2c37)C1=O)c64)C([O-])=NC5=O. The Labute approximate surface area is 224 Å². The van der Waals surface area contributed by atoms with Gasteiger partial charge in [0, 0.05) is 29.0 Å². The maximum absolute atomic E-state index is 13.6. The number of phosphoric ester groups is 1. The molecule has 0 bridgehead atoms. The van der Waals surface area contributed by atoms with Gasteiger partial charge in [-0.3, -0.25) is 28.3 Å². The highest BCUT2D eigenvalue weighted by atomic mass is 31.2. The molecule has 200 valence electrons. The molecule has 2 heterocycles. The van der Waals surface area contributed by atoms with Crippen LogP contribution in [0.15, 0.2) is 53.5 Å². The van der Waals surface area contributed by atoms with E-state index in [2.05, 4.69) is 9.52 Å². The third-order valence-electron chi connectivity index (χ3n) is 7.62. The summed E-state index contributed by atoms with van der Waals surface area (Å²) in [5, 5.41) is 27.6. The first-order chi connectivity index (χ1) is 19.1. The van der Waals surface area contributed by atoms with Gasteiger partial charge in [0.25, 0.3) is 17.7 Å². The second kappa shape index (κ2) is 8.37. The van der Waals surface area contributed by atoms with Crippen LogP contribution in [0.3, 0.4) is 0 Å². The molecule has 3 amide bonds. The number of hydrogen-bond donors (Lipinski definition) is 2. The van der Waals surface area contributed by atoms with E-state index in [1.165, 1.54) is 0 Å². The fourth-order valence-corrected chi connectivity index (χ4v) is 6.52. The van der Waals surface area contributed by atoms with E-state index in [1.807, 2.05) is 0 Å². The Kier molecular flexibility index (Phi) is 5.19. The van der Waals surface area contributed by atoms with E-state index in [9.17, 15) is 34.1 Å². The molecule has 0 saturated heterocycles. The van der Waals surface area contributed by atoms with Gasteiger partial charge in [-0.2, -0.15) is 0 Å². The zero-order chi connectivity index (χ0) is 28.1. The van der Waals surface area contributed by atoms with Crippen molar-refractivity contribution < 1.29 is 43.1 Å². The van der Waals surface area contributed by atoms with Gasteiger partial charge >= 0.3 is 7.82 Å². The Hall–Kier alpha value is -4.25. The lowest BCUT2D eigenvalue weighted by molar-refractivity contribution is -0.212. The lowest BCUT2D eigenvalue weighted by Gasteiger charge is -2.31. The summed E-state index contributed by atoms with van der Waals surface area (Å²) < 4.78 is 21.2. The average Bonchev–Trinajstić information content (AvgIpc) is 2.95. The summed E-state index contributed by atoms with van der Waals surface area (Å²) in [7, 11) is -3.54. The molecule has 0 aliphatic carbocycles. The number of carbonyl (C=O) groups excluding carboxylic acids is 3. The zero-order valence-corrected chi connectivity index (χ0v) is 21.6. The third kappa shape index (κ3) is 3.24. The number of nitrogens with zero attached hydrogens (tertiary/aromatic N) is 2. The molecule has 2 aliphatic rings. The standard InChI is InChI=1S/C28H19N2O9P/c1-38-40(36,37)39-12(11-31)10-30-27(34)19-8-4-15-13-2-6-17-23-18(26(33)29-25(17)32)7-3-14(21(13)23)16-5-9-20(28(30)35)24(19)22(15)16/h2-9,12,31H,10-11H2,1H3,(H,36,37)(H,29,32,33)/p-1. The number of carbonyl (C=O) groups is 3. The van der Waals surface area contributed by atoms with Crippen LogP contribution in [0.4, 0.5) is 0 Å². The van der Waals surface area contributed by atoms with Crippen molar-refractivity contribution in [3.05, 3.63) is 70.8 Å². The molecule has 7 rings (SSSR count). The van der Waals surface area contributed by atoms with Crippen molar-refractivity contribution in [3.8, 4) is 0 Å². The Morgan fingerprint density at radius 1 is 0.825 bits per heavy atom. The van der Waals surface area contributed by atoms with Crippen molar-refractivity contribution in [1.82, 2.24) is 4.90 Å². The van der Waals surface area contributed by atoms with Gasteiger partial charge < -0.3 is 15.1 Å². The normalized spacial score (nSPS) is 17.3. The van der Waals surface area contributed by atoms with Crippen LogP contribution in [-0.4, -0.2) is 64.9 Å². The minimum atomic E-state index is -4.50. The Balaban J connectivity index is 1.46. The van der Waals surface area contributed by atoms with E-state index in [-0.39, 0.29) is 11.1 Å². The number of phosphoric acid groups is 1. The first-order valence-corrected chi connectivity index (χ1v) is 13.7. The molecule has 2 aliphatic heterocycles. The Bertz CT molecular complexity index is 2000. The number of aliphatic hydroxyl groups is 1. The maximum Gasteiger partial charge on any atom is 0.472 e. The van der Waals surface area contributed by atoms with E-state index in [4.69, 9.17) is 4.52 Å². The summed E-state index contributed by atoms with van der Waals surface area (Å²) >= 11 is 0. The fourth-order valence-electron chi connectivity index (χ4n) is 5.92. The van der Waals surface area contributed by atoms with Crippen molar-refractivity contribution >= 4 is 74.5 Å². The third-order valence-corrected chi connectivity index (χ3v) is 8.65. The van der Waals surface area contributed by atoms with E-state index in [0.717, 1.165) is 38.9 Å². The summed E-state index contributed by atoms with van der Waals surface area (Å²) in [6.07, 6.45) is -1.36. The van der Waals surface area contributed by atoms with Crippen LogP contribution >= 0.6 is 7.82 Å². The van der Waals surface area contributed by atoms with Gasteiger partial charge in [-0.1, -0.05) is 30.3 Å². The summed E-state index contributed by atoms with van der Waals surface area (Å²) in [6.45, 7) is -1.22. The van der Waals surface area contributed by atoms with E-state index < -0.39 is 50.7 Å². The summed E-state index contributed by atoms with van der Waals surface area (Å²) in [5.41, 5.74) is 1.16. The van der Waals surface area contributed by atoms with Crippen LogP contribution < -0.4 is 5.11 Å². The smallest absolute Gasteiger partial charge is 0.472 e. The average molecular weight is 557 g/mol. The van der Waals surface area contributed by atoms with Gasteiger partial charge in [0.2, 0.25) is 0 Å². The number of aliphatic hydroxyl groups excluding tert-OH is 1. The molecule has 0 spiro atoms. The fraction of sp³-hybridized carbons (Fsp3) is 0.143. The molecule has 2 N–H and O–H groups in total. The molecule has 0 fully saturated rings. The largest absolute Gasteiger partial charge is 0.858 e. The van der Waals surface area contributed by atoms with Gasteiger partial charge in [-0.15, -0.1) is 0 Å². The van der Waals surface area contributed by atoms with Crippen LogP contribution in [0.2, 0.25) is 0 Å². The minimum absolute atomic E-state index is 0.240. The second-order valence-electron chi connectivity index (χ2n) is 9.65. The number of amides is 3. The quantitative estimate of drug-likeness (QED) is 0.138. The van der Waals surface area contributed by atoms with Crippen molar-refractivity contribution in [2.45, 2.75) is 6.10 Å². The van der Waals surface area contributed by atoms with Crippen LogP contribution in [-0.2, 0) is 13.6 Å². The molecule has 2 unspecified atom stereocenters. The van der Waals surface area contributed by atoms with Gasteiger partial charge in [0.05, 0.1) is 18.7 Å². The monoisotopic (exact) mass is 557 g/mol. The second-order valence-corrected chi connectivity index (χ2v) is 11.2. The van der Waals surface area contributed by atoms with E-state index in [0.29, 0.717) is 27.3 Å². The highest BCUT2D eigenvalue weighted by molar-refractivity contribution is 7.47. The molecule has 2 atom stereocenters. The molecule has 0 saturated carbocycles. The van der Waals surface area contributed by atoms with E-state index >= 15 is 0 Å². The van der Waals surface area contributed by atoms with Crippen molar-refractivity contribution in [3.63, 3.8) is 0 Å². The molecule has 12 heteroatoms. The Morgan fingerprint density at radius 2 is 1.30 bits per heavy atom. The van der Waals surface area contributed by atoms with Crippen LogP contribution in [0, 0.1) is 0 Å². The Morgan fingerprint density at radius 3 is 1.80 bits per heavy atom. The molecule has 11 nitrogen and oxygen atoms in total. The first kappa shape index (κ1) is 24.8. The summed E-state index contributed by atoms with van der Waals surface area (Å²) in [6, 6.07) is 13.5. The van der Waals surface area contributed by atoms with Crippen molar-refractivity contribution in [1.29, 1.82) is 0 Å². The number of rotatable bonds is 6. The molecule has 0 radical (unpaired) electrons. The molecular formula is C28H18N2O9P-. The van der Waals surface area contributed by atoms with Crippen LogP contribution in [0.25, 0.3) is 43.1 Å². The molecule has 5 aromatic rings. The predicted octanol–water partition coefficient (Wildman–Crippen LogP) is 2.72. The van der Waals surface area contributed by atoms with Crippen molar-refractivity contribution in [2.75, 3.05) is 20.3 Å². The molecular weight excluding hydrogens is 539 g/mol. The van der Waals surface area contributed by atoms with Crippen LogP contribution in [0.1, 0.15) is 36.6 Å². The number of aliphatic imine (C=N–C) groups is 1. The first-order valence-electron chi connectivity index (χ1n) is 12.2. The minimum Gasteiger partial charge on any atom is -0.858 e. The molecule has 40 heavy (non-hydrogen) atoms. The highest BCUT2D eigenvalue weighted by Crippen LogP contribution is 2.46. The number of imide groups is 1. The zero-order valence-electron chi connectivity index (χ0n) is 20.7. The number of hydrogen-bond acceptors (Lipinski definition) is 8. The lowest BCUT2D eigenvalue weighted by atomic mass is 9.82. The topological polar surface area (TPSA) is 166 Å². The highest BCUT2D eigenvalue weighted by Gasteiger charge is 2.37. The maximum atomic E-state index is 13.6. The predicted molar refractivity (Wildman–Crippen MR) is 143 cm³/mol. The number of fused-ring (bicyclic) bond motifs is 2. The van der Waals surface area contributed by atoms with Crippen molar-refractivity contribution in [2.24, 2.45) is 4.99 Å². The van der Waals surface area contributed by atoms with E-state index in [1.54, 1.807) is 48.5 Å².